The van der Waals surface area contributed by atoms with Crippen LogP contribution in [0.1, 0.15) is 43.4 Å². The molecular formula is C23H33FN4O. The summed E-state index contributed by atoms with van der Waals surface area (Å²) < 4.78 is 13.4. The molecule has 2 saturated heterocycles. The molecule has 4 rings (SSSR count). The SMILES string of the molecule is C[C@H](NC(=O)[C@@H]1C[C@@H](F)CN1)c1ccc(N2CCN(C)CC2)cc1/C=C/C1CC1. The molecule has 3 fully saturated rings. The summed E-state index contributed by atoms with van der Waals surface area (Å²) in [4.78, 5) is 17.3. The molecule has 0 bridgehead atoms. The van der Waals surface area contributed by atoms with Crippen molar-refractivity contribution < 1.29 is 9.18 Å². The Hall–Kier alpha value is -1.92. The van der Waals surface area contributed by atoms with Crippen molar-refractivity contribution in [1.29, 1.82) is 0 Å². The normalized spacial score (nSPS) is 26.8. The Morgan fingerprint density at radius 3 is 2.69 bits per heavy atom. The number of anilines is 1. The number of amides is 1. The van der Waals surface area contributed by atoms with Crippen LogP contribution in [-0.4, -0.2) is 62.8 Å². The second kappa shape index (κ2) is 8.84. The van der Waals surface area contributed by atoms with E-state index in [2.05, 4.69) is 57.8 Å². The van der Waals surface area contributed by atoms with E-state index < -0.39 is 12.2 Å². The number of halogens is 1. The van der Waals surface area contributed by atoms with Crippen molar-refractivity contribution in [3.8, 4) is 0 Å². The fourth-order valence-corrected chi connectivity index (χ4v) is 4.17. The minimum Gasteiger partial charge on any atom is -0.369 e. The number of piperazine rings is 1. The van der Waals surface area contributed by atoms with E-state index in [1.807, 2.05) is 6.92 Å². The van der Waals surface area contributed by atoms with E-state index in [1.165, 1.54) is 24.1 Å². The van der Waals surface area contributed by atoms with Crippen LogP contribution in [-0.2, 0) is 4.79 Å². The van der Waals surface area contributed by atoms with Crippen molar-refractivity contribution in [1.82, 2.24) is 15.5 Å². The Bertz CT molecular complexity index is 755. The van der Waals surface area contributed by atoms with E-state index >= 15 is 0 Å². The first kappa shape index (κ1) is 20.4. The number of nitrogens with zero attached hydrogens (tertiary/aromatic N) is 2. The summed E-state index contributed by atoms with van der Waals surface area (Å²) in [5.41, 5.74) is 3.53. The van der Waals surface area contributed by atoms with Gasteiger partial charge in [0.2, 0.25) is 5.91 Å². The van der Waals surface area contributed by atoms with Crippen molar-refractivity contribution >= 4 is 17.7 Å². The standard InChI is InChI=1S/C23H33FN4O/c1-16(26-23(29)22-14-19(24)15-25-22)21-8-7-20(28-11-9-27(2)10-12-28)13-18(21)6-5-17-3-4-17/h5-8,13,16-17,19,22,25H,3-4,9-12,14-15H2,1-2H3,(H,26,29)/b6-5+/t16-,19+,22-/m0/s1. The fraction of sp³-hybridized carbons (Fsp3) is 0.609. The molecule has 3 atom stereocenters. The van der Waals surface area contributed by atoms with Gasteiger partial charge >= 0.3 is 0 Å². The van der Waals surface area contributed by atoms with Crippen molar-refractivity contribution in [3.05, 3.63) is 35.4 Å². The van der Waals surface area contributed by atoms with Gasteiger partial charge in [0.1, 0.15) is 6.17 Å². The minimum absolute atomic E-state index is 0.113. The van der Waals surface area contributed by atoms with Gasteiger partial charge in [-0.15, -0.1) is 0 Å². The summed E-state index contributed by atoms with van der Waals surface area (Å²) in [6.07, 6.45) is 6.40. The van der Waals surface area contributed by atoms with Crippen LogP contribution < -0.4 is 15.5 Å². The lowest BCUT2D eigenvalue weighted by molar-refractivity contribution is -0.123. The molecule has 1 aromatic carbocycles. The lowest BCUT2D eigenvalue weighted by Crippen LogP contribution is -2.44. The molecule has 1 saturated carbocycles. The number of alkyl halides is 1. The van der Waals surface area contributed by atoms with E-state index in [9.17, 15) is 9.18 Å². The molecule has 2 heterocycles. The number of carbonyl (C=O) groups is 1. The molecule has 0 spiro atoms. The Kier molecular flexibility index (Phi) is 6.20. The van der Waals surface area contributed by atoms with Gasteiger partial charge < -0.3 is 20.4 Å². The zero-order valence-electron chi connectivity index (χ0n) is 17.5. The monoisotopic (exact) mass is 400 g/mol. The Morgan fingerprint density at radius 1 is 1.28 bits per heavy atom. The van der Waals surface area contributed by atoms with E-state index in [0.29, 0.717) is 5.92 Å². The highest BCUT2D eigenvalue weighted by atomic mass is 19.1. The van der Waals surface area contributed by atoms with E-state index in [0.717, 1.165) is 31.7 Å². The lowest BCUT2D eigenvalue weighted by atomic mass is 9.98. The molecule has 1 amide bonds. The van der Waals surface area contributed by atoms with Gasteiger partial charge in [0.05, 0.1) is 12.1 Å². The van der Waals surface area contributed by atoms with Crippen LogP contribution in [0.25, 0.3) is 6.08 Å². The van der Waals surface area contributed by atoms with Crippen LogP contribution in [0, 0.1) is 5.92 Å². The number of benzene rings is 1. The molecule has 6 heteroatoms. The molecule has 2 aliphatic heterocycles. The summed E-state index contributed by atoms with van der Waals surface area (Å²) in [5.74, 6) is 0.585. The second-order valence-electron chi connectivity index (χ2n) is 8.82. The third-order valence-corrected chi connectivity index (χ3v) is 6.33. The fourth-order valence-electron chi connectivity index (χ4n) is 4.17. The largest absolute Gasteiger partial charge is 0.369 e. The maximum Gasteiger partial charge on any atom is 0.237 e. The molecule has 158 valence electrons. The average molecular weight is 401 g/mol. The van der Waals surface area contributed by atoms with Crippen LogP contribution in [0.15, 0.2) is 24.3 Å². The van der Waals surface area contributed by atoms with Crippen LogP contribution in [0.4, 0.5) is 10.1 Å². The third kappa shape index (κ3) is 5.17. The average Bonchev–Trinajstić information content (AvgIpc) is 3.45. The Labute approximate surface area is 173 Å². The van der Waals surface area contributed by atoms with E-state index in [1.54, 1.807) is 0 Å². The molecule has 0 unspecified atom stereocenters. The number of nitrogens with one attached hydrogen (secondary N) is 2. The smallest absolute Gasteiger partial charge is 0.237 e. The number of allylic oxidation sites excluding steroid dienone is 1. The first-order chi connectivity index (χ1) is 14.0. The lowest BCUT2D eigenvalue weighted by Gasteiger charge is -2.34. The van der Waals surface area contributed by atoms with Crippen molar-refractivity contribution in [2.24, 2.45) is 5.92 Å². The molecule has 2 N–H and O–H groups in total. The third-order valence-electron chi connectivity index (χ3n) is 6.33. The summed E-state index contributed by atoms with van der Waals surface area (Å²) in [7, 11) is 2.17. The summed E-state index contributed by atoms with van der Waals surface area (Å²) in [6.45, 7) is 6.49. The quantitative estimate of drug-likeness (QED) is 0.771. The van der Waals surface area contributed by atoms with Crippen molar-refractivity contribution in [2.75, 3.05) is 44.7 Å². The van der Waals surface area contributed by atoms with Gasteiger partial charge in [-0.3, -0.25) is 4.79 Å². The van der Waals surface area contributed by atoms with E-state index in [4.69, 9.17) is 0 Å². The van der Waals surface area contributed by atoms with Crippen LogP contribution in [0.2, 0.25) is 0 Å². The number of rotatable bonds is 6. The molecule has 5 nitrogen and oxygen atoms in total. The number of likely N-dealkylation sites (N-methyl/N-ethyl adjacent to an activating group) is 1. The maximum absolute atomic E-state index is 13.4. The summed E-state index contributed by atoms with van der Waals surface area (Å²) in [5, 5.41) is 6.05. The summed E-state index contributed by atoms with van der Waals surface area (Å²) >= 11 is 0. The van der Waals surface area contributed by atoms with Gasteiger partial charge in [0.15, 0.2) is 0 Å². The number of carbonyl (C=O) groups excluding carboxylic acids is 1. The molecule has 29 heavy (non-hydrogen) atoms. The van der Waals surface area contributed by atoms with Gasteiger partial charge in [-0.1, -0.05) is 18.2 Å². The van der Waals surface area contributed by atoms with Crippen molar-refractivity contribution in [3.63, 3.8) is 0 Å². The Morgan fingerprint density at radius 2 is 2.03 bits per heavy atom. The highest BCUT2D eigenvalue weighted by Gasteiger charge is 2.30. The molecular weight excluding hydrogens is 367 g/mol. The molecule has 0 aromatic heterocycles. The van der Waals surface area contributed by atoms with Gasteiger partial charge in [0.25, 0.3) is 0 Å². The van der Waals surface area contributed by atoms with Crippen LogP contribution in [0.5, 0.6) is 0 Å². The van der Waals surface area contributed by atoms with Gasteiger partial charge in [-0.2, -0.15) is 0 Å². The minimum atomic E-state index is -0.930. The Balaban J connectivity index is 1.50. The van der Waals surface area contributed by atoms with Gasteiger partial charge in [-0.25, -0.2) is 4.39 Å². The first-order valence-electron chi connectivity index (χ1n) is 10.9. The zero-order valence-corrected chi connectivity index (χ0v) is 17.5. The second-order valence-corrected chi connectivity index (χ2v) is 8.82. The number of hydrogen-bond donors (Lipinski definition) is 2. The van der Waals surface area contributed by atoms with Gasteiger partial charge in [0, 0.05) is 44.8 Å². The topological polar surface area (TPSA) is 47.6 Å². The molecule has 0 radical (unpaired) electrons. The molecule has 3 aliphatic rings. The maximum atomic E-state index is 13.4. The highest BCUT2D eigenvalue weighted by molar-refractivity contribution is 5.82. The van der Waals surface area contributed by atoms with Crippen molar-refractivity contribution in [2.45, 2.75) is 44.4 Å². The predicted octanol–water partition coefficient (Wildman–Crippen LogP) is 2.74. The summed E-state index contributed by atoms with van der Waals surface area (Å²) in [6, 6.07) is 6.02. The van der Waals surface area contributed by atoms with E-state index in [-0.39, 0.29) is 24.9 Å². The molecule has 1 aromatic rings. The first-order valence-corrected chi connectivity index (χ1v) is 10.9. The predicted molar refractivity (Wildman–Crippen MR) is 116 cm³/mol. The molecule has 1 aliphatic carbocycles. The number of hydrogen-bond acceptors (Lipinski definition) is 4. The van der Waals surface area contributed by atoms with Gasteiger partial charge in [-0.05, 0) is 56.0 Å². The zero-order chi connectivity index (χ0) is 20.4. The highest BCUT2D eigenvalue weighted by Crippen LogP contribution is 2.33. The van der Waals surface area contributed by atoms with Crippen LogP contribution in [0.3, 0.4) is 0 Å². The van der Waals surface area contributed by atoms with Crippen LogP contribution >= 0.6 is 0 Å².